The van der Waals surface area contributed by atoms with Crippen LogP contribution in [0.3, 0.4) is 0 Å². The fraction of sp³-hybridized carbons (Fsp3) is 0.111. The molecule has 0 bridgehead atoms. The number of methoxy groups -OCH3 is 2. The van der Waals surface area contributed by atoms with E-state index < -0.39 is 11.1 Å². The van der Waals surface area contributed by atoms with E-state index in [1.165, 1.54) is 14.2 Å². The van der Waals surface area contributed by atoms with Gasteiger partial charge in [-0.05, 0) is 70.3 Å². The molecule has 26 heavy (non-hydrogen) atoms. The van der Waals surface area contributed by atoms with Gasteiger partial charge in [0.2, 0.25) is 0 Å². The van der Waals surface area contributed by atoms with Crippen molar-refractivity contribution >= 4 is 57.3 Å². The summed E-state index contributed by atoms with van der Waals surface area (Å²) in [5.74, 6) is 0.350. The highest BCUT2D eigenvalue weighted by atomic mass is 127. The van der Waals surface area contributed by atoms with Crippen molar-refractivity contribution in [3.63, 3.8) is 0 Å². The minimum atomic E-state index is -0.424. The van der Waals surface area contributed by atoms with Crippen LogP contribution in [-0.2, 0) is 4.79 Å². The number of aromatic hydroxyl groups is 1. The first-order valence-corrected chi connectivity index (χ1v) is 9.33. The summed E-state index contributed by atoms with van der Waals surface area (Å²) in [7, 11) is 2.93. The van der Waals surface area contributed by atoms with Gasteiger partial charge in [0.25, 0.3) is 11.1 Å². The lowest BCUT2D eigenvalue weighted by molar-refractivity contribution is -0.113. The van der Waals surface area contributed by atoms with Crippen molar-refractivity contribution in [1.29, 1.82) is 0 Å². The first kappa shape index (κ1) is 18.6. The van der Waals surface area contributed by atoms with Crippen molar-refractivity contribution in [2.75, 3.05) is 19.1 Å². The minimum Gasteiger partial charge on any atom is -0.504 e. The van der Waals surface area contributed by atoms with E-state index in [9.17, 15) is 14.7 Å². The normalized spacial score (nSPS) is 15.7. The number of para-hydroxylation sites is 2. The van der Waals surface area contributed by atoms with E-state index in [1.54, 1.807) is 42.5 Å². The molecule has 0 radical (unpaired) electrons. The van der Waals surface area contributed by atoms with Crippen LogP contribution in [0, 0.1) is 3.57 Å². The molecule has 0 spiro atoms. The molecule has 2 aromatic rings. The second-order valence-electron chi connectivity index (χ2n) is 5.24. The van der Waals surface area contributed by atoms with Gasteiger partial charge in [0.05, 0.1) is 28.4 Å². The maximum absolute atomic E-state index is 12.8. The predicted molar refractivity (Wildman–Crippen MR) is 109 cm³/mol. The standard InChI is InChI=1S/C18H14INO5S/c1-24-13-6-4-3-5-12(13)20-17(22)15(26-18(20)23)9-10-7-11(19)16(21)14(8-10)25-2/h3-9,21H,1-2H3. The van der Waals surface area contributed by atoms with Gasteiger partial charge in [-0.25, -0.2) is 4.90 Å². The molecule has 1 fully saturated rings. The van der Waals surface area contributed by atoms with Crippen molar-refractivity contribution in [2.24, 2.45) is 0 Å². The average Bonchev–Trinajstić information content (AvgIpc) is 2.91. The number of amides is 2. The first-order valence-electron chi connectivity index (χ1n) is 7.43. The molecular formula is C18H14INO5S. The molecule has 0 unspecified atom stereocenters. The third kappa shape index (κ3) is 3.38. The summed E-state index contributed by atoms with van der Waals surface area (Å²) in [6, 6.07) is 10.2. The van der Waals surface area contributed by atoms with Crippen molar-refractivity contribution in [1.82, 2.24) is 0 Å². The Balaban J connectivity index is 1.99. The van der Waals surface area contributed by atoms with Gasteiger partial charge in [0.15, 0.2) is 11.5 Å². The second-order valence-corrected chi connectivity index (χ2v) is 7.40. The highest BCUT2D eigenvalue weighted by molar-refractivity contribution is 14.1. The van der Waals surface area contributed by atoms with E-state index in [-0.39, 0.29) is 10.7 Å². The Kier molecular flexibility index (Phi) is 5.42. The van der Waals surface area contributed by atoms with Crippen LogP contribution in [0.2, 0.25) is 0 Å². The van der Waals surface area contributed by atoms with Crippen LogP contribution in [0.4, 0.5) is 10.5 Å². The number of thioether (sulfide) groups is 1. The molecule has 1 N–H and O–H groups in total. The van der Waals surface area contributed by atoms with Crippen LogP contribution in [0.1, 0.15) is 5.56 Å². The number of anilines is 1. The highest BCUT2D eigenvalue weighted by Crippen LogP contribution is 2.40. The van der Waals surface area contributed by atoms with Gasteiger partial charge >= 0.3 is 0 Å². The third-order valence-electron chi connectivity index (χ3n) is 3.69. The van der Waals surface area contributed by atoms with Crippen LogP contribution in [-0.4, -0.2) is 30.5 Å². The van der Waals surface area contributed by atoms with Crippen molar-refractivity contribution in [2.45, 2.75) is 0 Å². The largest absolute Gasteiger partial charge is 0.504 e. The number of carbonyl (C=O) groups is 2. The van der Waals surface area contributed by atoms with Crippen LogP contribution in [0.5, 0.6) is 17.2 Å². The van der Waals surface area contributed by atoms with Gasteiger partial charge in [-0.15, -0.1) is 0 Å². The summed E-state index contributed by atoms with van der Waals surface area (Å²) < 4.78 is 11.0. The smallest absolute Gasteiger partial charge is 0.298 e. The van der Waals surface area contributed by atoms with E-state index in [4.69, 9.17) is 9.47 Å². The molecule has 0 saturated carbocycles. The van der Waals surface area contributed by atoms with E-state index in [0.717, 1.165) is 16.7 Å². The fourth-order valence-corrected chi connectivity index (χ4v) is 3.93. The molecule has 3 rings (SSSR count). The molecule has 0 atom stereocenters. The summed E-state index contributed by atoms with van der Waals surface area (Å²) in [6.45, 7) is 0. The summed E-state index contributed by atoms with van der Waals surface area (Å²) in [5, 5.41) is 9.53. The maximum atomic E-state index is 12.8. The van der Waals surface area contributed by atoms with Crippen LogP contribution >= 0.6 is 34.4 Å². The molecule has 1 heterocycles. The Morgan fingerprint density at radius 3 is 2.50 bits per heavy atom. The van der Waals surface area contributed by atoms with Gasteiger partial charge in [-0.2, -0.15) is 0 Å². The third-order valence-corrected chi connectivity index (χ3v) is 5.38. The second kappa shape index (κ2) is 7.58. The Morgan fingerprint density at radius 2 is 1.81 bits per heavy atom. The molecule has 134 valence electrons. The molecule has 1 saturated heterocycles. The number of benzene rings is 2. The number of hydrogen-bond acceptors (Lipinski definition) is 6. The topological polar surface area (TPSA) is 76.1 Å². The number of carbonyl (C=O) groups excluding carboxylic acids is 2. The number of ether oxygens (including phenoxy) is 2. The van der Waals surface area contributed by atoms with E-state index in [2.05, 4.69) is 0 Å². The van der Waals surface area contributed by atoms with Crippen molar-refractivity contribution < 1.29 is 24.2 Å². The molecule has 1 aliphatic heterocycles. The molecule has 2 aromatic carbocycles. The van der Waals surface area contributed by atoms with Crippen molar-refractivity contribution in [3.8, 4) is 17.2 Å². The maximum Gasteiger partial charge on any atom is 0.298 e. The van der Waals surface area contributed by atoms with E-state index in [0.29, 0.717) is 26.3 Å². The number of phenols is 1. The summed E-state index contributed by atoms with van der Waals surface area (Å²) in [5.41, 5.74) is 1.05. The van der Waals surface area contributed by atoms with Gasteiger partial charge < -0.3 is 14.6 Å². The first-order chi connectivity index (χ1) is 12.5. The minimum absolute atomic E-state index is 0.0346. The van der Waals surface area contributed by atoms with Gasteiger partial charge in [0, 0.05) is 0 Å². The van der Waals surface area contributed by atoms with Gasteiger partial charge in [0.1, 0.15) is 5.75 Å². The average molecular weight is 483 g/mol. The quantitative estimate of drug-likeness (QED) is 0.518. The molecule has 0 aromatic heterocycles. The van der Waals surface area contributed by atoms with Crippen LogP contribution < -0.4 is 14.4 Å². The lowest BCUT2D eigenvalue weighted by atomic mass is 10.2. The number of rotatable bonds is 4. The number of hydrogen-bond donors (Lipinski definition) is 1. The SMILES string of the molecule is COc1ccccc1N1C(=O)SC(=Cc2cc(I)c(O)c(OC)c2)C1=O. The zero-order chi connectivity index (χ0) is 18.8. The lowest BCUT2D eigenvalue weighted by Crippen LogP contribution is -2.28. The Labute approximate surface area is 167 Å². The number of phenolic OH excluding ortho intramolecular Hbond substituents is 1. The number of nitrogens with zero attached hydrogens (tertiary/aromatic N) is 1. The zero-order valence-corrected chi connectivity index (χ0v) is 16.8. The van der Waals surface area contributed by atoms with E-state index >= 15 is 0 Å². The van der Waals surface area contributed by atoms with Crippen LogP contribution in [0.15, 0.2) is 41.3 Å². The Morgan fingerprint density at radius 1 is 1.12 bits per heavy atom. The summed E-state index contributed by atoms with van der Waals surface area (Å²) in [6.07, 6.45) is 1.60. The zero-order valence-electron chi connectivity index (χ0n) is 13.9. The molecule has 6 nitrogen and oxygen atoms in total. The number of imide groups is 1. The van der Waals surface area contributed by atoms with Gasteiger partial charge in [-0.3, -0.25) is 9.59 Å². The molecule has 0 aliphatic carbocycles. The van der Waals surface area contributed by atoms with Gasteiger partial charge in [-0.1, -0.05) is 12.1 Å². The highest BCUT2D eigenvalue weighted by Gasteiger charge is 2.37. The molecule has 2 amide bonds. The monoisotopic (exact) mass is 483 g/mol. The summed E-state index contributed by atoms with van der Waals surface area (Å²) >= 11 is 2.82. The summed E-state index contributed by atoms with van der Waals surface area (Å²) in [4.78, 5) is 26.6. The van der Waals surface area contributed by atoms with E-state index in [1.807, 2.05) is 22.6 Å². The Hall–Kier alpha value is -2.20. The van der Waals surface area contributed by atoms with Crippen molar-refractivity contribution in [3.05, 3.63) is 50.4 Å². The number of halogens is 1. The molecule has 1 aliphatic rings. The predicted octanol–water partition coefficient (Wildman–Crippen LogP) is 4.25. The fourth-order valence-electron chi connectivity index (χ4n) is 2.47. The molecular weight excluding hydrogens is 469 g/mol. The Bertz CT molecular complexity index is 928. The lowest BCUT2D eigenvalue weighted by Gasteiger charge is -2.15. The molecule has 8 heteroatoms. The van der Waals surface area contributed by atoms with Crippen LogP contribution in [0.25, 0.3) is 6.08 Å².